The molecule has 154 valence electrons. The summed E-state index contributed by atoms with van der Waals surface area (Å²) < 4.78 is 57.0. The van der Waals surface area contributed by atoms with Crippen LogP contribution in [0.2, 0.25) is 5.02 Å². The standard InChI is InChI=1S/C18H13ClF4N2O4/c1-8-10(15(27)24-9-2-3-12(20)11(19)6-9)7-13(29-8)14(26)16(28)25-17(4-5-17)18(21,22)23/h2-3,6-7H,4-5H2,1H3,(H,24,27)(H,25,28). The minimum atomic E-state index is -4.68. The lowest BCUT2D eigenvalue weighted by molar-refractivity contribution is -0.169. The molecule has 0 saturated heterocycles. The van der Waals surface area contributed by atoms with Gasteiger partial charge in [0.05, 0.1) is 10.6 Å². The first-order valence-corrected chi connectivity index (χ1v) is 8.62. The zero-order valence-corrected chi connectivity index (χ0v) is 15.5. The lowest BCUT2D eigenvalue weighted by Gasteiger charge is -2.19. The van der Waals surface area contributed by atoms with E-state index in [-0.39, 0.29) is 34.9 Å². The van der Waals surface area contributed by atoms with E-state index in [4.69, 9.17) is 16.0 Å². The largest absolute Gasteiger partial charge is 0.457 e. The van der Waals surface area contributed by atoms with Crippen LogP contribution in [0, 0.1) is 12.7 Å². The zero-order chi connectivity index (χ0) is 21.6. The van der Waals surface area contributed by atoms with Gasteiger partial charge in [0.2, 0.25) is 0 Å². The van der Waals surface area contributed by atoms with Crippen LogP contribution in [0.25, 0.3) is 0 Å². The predicted molar refractivity (Wildman–Crippen MR) is 93.3 cm³/mol. The van der Waals surface area contributed by atoms with Gasteiger partial charge in [-0.05, 0) is 38.0 Å². The monoisotopic (exact) mass is 432 g/mol. The van der Waals surface area contributed by atoms with Crippen LogP contribution in [0.15, 0.2) is 28.7 Å². The Morgan fingerprint density at radius 2 is 1.83 bits per heavy atom. The third-order valence-electron chi connectivity index (χ3n) is 4.42. The molecular formula is C18H13ClF4N2O4. The number of alkyl halides is 3. The Hall–Kier alpha value is -2.88. The van der Waals surface area contributed by atoms with Crippen molar-refractivity contribution in [1.82, 2.24) is 5.32 Å². The Morgan fingerprint density at radius 1 is 1.17 bits per heavy atom. The molecule has 1 aliphatic rings. The fourth-order valence-corrected chi connectivity index (χ4v) is 2.76. The van der Waals surface area contributed by atoms with Crippen molar-refractivity contribution in [2.24, 2.45) is 0 Å². The maximum absolute atomic E-state index is 13.2. The molecule has 0 bridgehead atoms. The van der Waals surface area contributed by atoms with Crippen molar-refractivity contribution < 1.29 is 36.4 Å². The molecule has 1 fully saturated rings. The first-order valence-electron chi connectivity index (χ1n) is 8.24. The van der Waals surface area contributed by atoms with Crippen LogP contribution in [0.5, 0.6) is 0 Å². The summed E-state index contributed by atoms with van der Waals surface area (Å²) in [7, 11) is 0. The third kappa shape index (κ3) is 4.12. The van der Waals surface area contributed by atoms with Gasteiger partial charge in [-0.1, -0.05) is 11.6 Å². The van der Waals surface area contributed by atoms with Gasteiger partial charge in [0.15, 0.2) is 5.76 Å². The van der Waals surface area contributed by atoms with Gasteiger partial charge in [-0.25, -0.2) is 4.39 Å². The van der Waals surface area contributed by atoms with Crippen LogP contribution < -0.4 is 10.6 Å². The molecule has 2 aromatic rings. The molecule has 11 heteroatoms. The molecule has 1 heterocycles. The Labute approximate surface area is 166 Å². The molecule has 0 radical (unpaired) electrons. The minimum Gasteiger partial charge on any atom is -0.457 e. The number of Topliss-reactive ketones (excluding diaryl/α,β-unsaturated/α-hetero) is 1. The quantitative estimate of drug-likeness (QED) is 0.424. The van der Waals surface area contributed by atoms with Gasteiger partial charge in [-0.2, -0.15) is 13.2 Å². The van der Waals surface area contributed by atoms with E-state index in [0.717, 1.165) is 18.2 Å². The van der Waals surface area contributed by atoms with Gasteiger partial charge in [0.1, 0.15) is 17.1 Å². The molecule has 1 aromatic carbocycles. The highest BCUT2D eigenvalue weighted by Crippen LogP contribution is 2.48. The number of nitrogens with one attached hydrogen (secondary N) is 2. The van der Waals surface area contributed by atoms with E-state index in [1.165, 1.54) is 13.0 Å². The van der Waals surface area contributed by atoms with Crippen LogP contribution >= 0.6 is 11.6 Å². The molecule has 1 saturated carbocycles. The maximum atomic E-state index is 13.2. The average molecular weight is 433 g/mol. The fourth-order valence-electron chi connectivity index (χ4n) is 2.58. The summed E-state index contributed by atoms with van der Waals surface area (Å²) in [6.07, 6.45) is -5.31. The molecule has 0 aliphatic heterocycles. The van der Waals surface area contributed by atoms with E-state index in [9.17, 15) is 31.9 Å². The Morgan fingerprint density at radius 3 is 2.38 bits per heavy atom. The number of carbonyl (C=O) groups excluding carboxylic acids is 3. The van der Waals surface area contributed by atoms with Crippen molar-refractivity contribution in [3.63, 3.8) is 0 Å². The van der Waals surface area contributed by atoms with Crippen molar-refractivity contribution in [1.29, 1.82) is 0 Å². The third-order valence-corrected chi connectivity index (χ3v) is 4.70. The molecule has 0 spiro atoms. The van der Waals surface area contributed by atoms with Crippen LogP contribution in [-0.4, -0.2) is 29.3 Å². The van der Waals surface area contributed by atoms with Crippen molar-refractivity contribution in [2.45, 2.75) is 31.5 Å². The number of ketones is 1. The Kier molecular flexibility index (Phi) is 5.16. The van der Waals surface area contributed by atoms with Crippen LogP contribution in [0.1, 0.15) is 39.5 Å². The lowest BCUT2D eigenvalue weighted by atomic mass is 10.2. The van der Waals surface area contributed by atoms with Crippen LogP contribution in [0.4, 0.5) is 23.2 Å². The first kappa shape index (κ1) is 20.8. The van der Waals surface area contributed by atoms with Crippen molar-refractivity contribution >= 4 is 34.9 Å². The second kappa shape index (κ2) is 7.18. The molecule has 1 aromatic heterocycles. The van der Waals surface area contributed by atoms with Crippen molar-refractivity contribution in [2.75, 3.05) is 5.32 Å². The summed E-state index contributed by atoms with van der Waals surface area (Å²) >= 11 is 5.63. The fraction of sp³-hybridized carbons (Fsp3) is 0.278. The van der Waals surface area contributed by atoms with E-state index >= 15 is 0 Å². The van der Waals surface area contributed by atoms with E-state index in [2.05, 4.69) is 5.32 Å². The normalized spacial score (nSPS) is 15.0. The van der Waals surface area contributed by atoms with Crippen molar-refractivity contribution in [3.8, 4) is 0 Å². The Bertz CT molecular complexity index is 1010. The Balaban J connectivity index is 1.73. The summed E-state index contributed by atoms with van der Waals surface area (Å²) in [5.41, 5.74) is -2.37. The highest BCUT2D eigenvalue weighted by Gasteiger charge is 2.64. The molecule has 2 N–H and O–H groups in total. The molecule has 0 unspecified atom stereocenters. The first-order chi connectivity index (χ1) is 13.4. The maximum Gasteiger partial charge on any atom is 0.411 e. The topological polar surface area (TPSA) is 88.4 Å². The minimum absolute atomic E-state index is 0.0381. The van der Waals surface area contributed by atoms with Gasteiger partial charge in [0.25, 0.3) is 17.6 Å². The van der Waals surface area contributed by atoms with Crippen molar-refractivity contribution in [3.05, 3.63) is 52.2 Å². The molecule has 3 rings (SSSR count). The van der Waals surface area contributed by atoms with E-state index in [1.54, 1.807) is 5.32 Å². The highest BCUT2D eigenvalue weighted by atomic mass is 35.5. The van der Waals surface area contributed by atoms with Gasteiger partial charge in [0, 0.05) is 11.8 Å². The van der Waals surface area contributed by atoms with E-state index in [0.29, 0.717) is 0 Å². The predicted octanol–water partition coefficient (Wildman–Crippen LogP) is 4.03. The molecule has 0 atom stereocenters. The van der Waals surface area contributed by atoms with Crippen LogP contribution in [0.3, 0.4) is 0 Å². The number of hydrogen-bond acceptors (Lipinski definition) is 4. The molecule has 2 amide bonds. The van der Waals surface area contributed by atoms with Gasteiger partial charge in [-0.15, -0.1) is 0 Å². The van der Waals surface area contributed by atoms with E-state index in [1.807, 2.05) is 0 Å². The van der Waals surface area contributed by atoms with E-state index < -0.39 is 40.9 Å². The smallest absolute Gasteiger partial charge is 0.411 e. The highest BCUT2D eigenvalue weighted by molar-refractivity contribution is 6.42. The number of carbonyl (C=O) groups is 3. The second-order valence-corrected chi connectivity index (χ2v) is 6.93. The molecule has 29 heavy (non-hydrogen) atoms. The number of anilines is 1. The average Bonchev–Trinajstić information content (AvgIpc) is 3.31. The number of aryl methyl sites for hydroxylation is 1. The number of benzene rings is 1. The van der Waals surface area contributed by atoms with Gasteiger partial charge < -0.3 is 15.1 Å². The second-order valence-electron chi connectivity index (χ2n) is 6.53. The summed E-state index contributed by atoms with van der Waals surface area (Å²) in [6.45, 7) is 1.33. The summed E-state index contributed by atoms with van der Waals surface area (Å²) in [4.78, 5) is 36.4. The number of rotatable bonds is 5. The summed E-state index contributed by atoms with van der Waals surface area (Å²) in [5.74, 6) is -4.87. The number of furan rings is 1. The van der Waals surface area contributed by atoms with Gasteiger partial charge in [-0.3, -0.25) is 14.4 Å². The lowest BCUT2D eigenvalue weighted by Crippen LogP contribution is -2.50. The molecule has 1 aliphatic carbocycles. The summed E-state index contributed by atoms with van der Waals surface area (Å²) in [6, 6.07) is 4.40. The zero-order valence-electron chi connectivity index (χ0n) is 14.7. The number of hydrogen-bond donors (Lipinski definition) is 2. The number of amides is 2. The van der Waals surface area contributed by atoms with Gasteiger partial charge >= 0.3 is 6.18 Å². The number of halogens is 5. The summed E-state index contributed by atoms with van der Waals surface area (Å²) in [5, 5.41) is 3.87. The SMILES string of the molecule is Cc1oc(C(=O)C(=O)NC2(C(F)(F)F)CC2)cc1C(=O)Nc1ccc(F)c(Cl)c1. The molecular weight excluding hydrogens is 420 g/mol. The van der Waals surface area contributed by atoms with Crippen LogP contribution in [-0.2, 0) is 4.79 Å². The molecule has 6 nitrogen and oxygen atoms in total.